The Bertz CT molecular complexity index is 730. The van der Waals surface area contributed by atoms with Gasteiger partial charge in [-0.3, -0.25) is 0 Å². The topological polar surface area (TPSA) is 32.3 Å². The van der Waals surface area contributed by atoms with E-state index in [2.05, 4.69) is 26.8 Å². The lowest BCUT2D eigenvalue weighted by atomic mass is 9.95. The van der Waals surface area contributed by atoms with Gasteiger partial charge in [0.25, 0.3) is 0 Å². The van der Waals surface area contributed by atoms with Gasteiger partial charge >= 0.3 is 0 Å². The molecule has 0 saturated heterocycles. The first-order chi connectivity index (χ1) is 11.4. The second kappa shape index (κ2) is 8.46. The van der Waals surface area contributed by atoms with Crippen molar-refractivity contribution in [2.24, 2.45) is 0 Å². The van der Waals surface area contributed by atoms with Gasteiger partial charge < -0.3 is 9.84 Å². The molecule has 2 aromatic rings. The molecular formula is C21H26O2P-. The van der Waals surface area contributed by atoms with Gasteiger partial charge in [-0.15, -0.1) is 5.48 Å². The van der Waals surface area contributed by atoms with Crippen molar-refractivity contribution in [3.63, 3.8) is 0 Å². The first-order valence-corrected chi connectivity index (χ1v) is 9.39. The summed E-state index contributed by atoms with van der Waals surface area (Å²) in [5.74, 6) is 0.869. The van der Waals surface area contributed by atoms with Crippen molar-refractivity contribution >= 4 is 19.0 Å². The molecule has 0 unspecified atom stereocenters. The van der Waals surface area contributed by atoms with Crippen molar-refractivity contribution in [3.05, 3.63) is 58.1 Å². The summed E-state index contributed by atoms with van der Waals surface area (Å²) in [4.78, 5) is 0. The lowest BCUT2D eigenvalue weighted by Gasteiger charge is -2.21. The van der Waals surface area contributed by atoms with Gasteiger partial charge in [0.05, 0.1) is 6.61 Å². The number of unbranched alkanes of at least 4 members (excludes halogenated alkanes) is 1. The van der Waals surface area contributed by atoms with E-state index >= 15 is 0 Å². The molecule has 3 heteroatoms. The fraction of sp³-hybridized carbons (Fsp3) is 0.381. The van der Waals surface area contributed by atoms with E-state index in [0.29, 0.717) is 8.20 Å². The SMILES string of the molecule is CCCCOc1ccc(P=C([O-])c2c(C)cc(C)c(C)c2C)cc1. The fourth-order valence-corrected chi connectivity index (χ4v) is 3.73. The van der Waals surface area contributed by atoms with Crippen molar-refractivity contribution in [1.29, 1.82) is 0 Å². The van der Waals surface area contributed by atoms with Gasteiger partial charge in [0, 0.05) is 5.30 Å². The van der Waals surface area contributed by atoms with Crippen LogP contribution in [0.1, 0.15) is 47.6 Å². The van der Waals surface area contributed by atoms with Crippen LogP contribution in [0.4, 0.5) is 0 Å². The Morgan fingerprint density at radius 1 is 1.00 bits per heavy atom. The van der Waals surface area contributed by atoms with Crippen LogP contribution in [0, 0.1) is 27.7 Å². The Morgan fingerprint density at radius 3 is 2.29 bits per heavy atom. The van der Waals surface area contributed by atoms with Crippen LogP contribution in [-0.2, 0) is 0 Å². The lowest BCUT2D eigenvalue weighted by molar-refractivity contribution is -0.207. The summed E-state index contributed by atoms with van der Waals surface area (Å²) in [7, 11) is 0.714. The Hall–Kier alpha value is -1.63. The summed E-state index contributed by atoms with van der Waals surface area (Å²) in [5.41, 5.74) is 5.64. The van der Waals surface area contributed by atoms with Gasteiger partial charge in [0.15, 0.2) is 0 Å². The maximum atomic E-state index is 12.8. The number of rotatable bonds is 6. The van der Waals surface area contributed by atoms with Crippen LogP contribution < -0.4 is 15.1 Å². The number of hydrogen-bond donors (Lipinski definition) is 0. The molecule has 0 aliphatic heterocycles. The van der Waals surface area contributed by atoms with Crippen LogP contribution in [0.2, 0.25) is 0 Å². The van der Waals surface area contributed by atoms with Crippen LogP contribution in [0.3, 0.4) is 0 Å². The second-order valence-electron chi connectivity index (χ2n) is 6.25. The van der Waals surface area contributed by atoms with Gasteiger partial charge in [-0.2, -0.15) is 0 Å². The van der Waals surface area contributed by atoms with Gasteiger partial charge in [0.2, 0.25) is 0 Å². The normalized spacial score (nSPS) is 11.7. The minimum absolute atomic E-state index is 0.160. The zero-order valence-corrected chi connectivity index (χ0v) is 16.2. The van der Waals surface area contributed by atoms with Gasteiger partial charge in [-0.1, -0.05) is 27.6 Å². The van der Waals surface area contributed by atoms with Crippen molar-refractivity contribution in [2.75, 3.05) is 6.61 Å². The molecule has 0 spiro atoms. The smallest absolute Gasteiger partial charge is 0.119 e. The Morgan fingerprint density at radius 2 is 1.67 bits per heavy atom. The Labute approximate surface area is 147 Å². The van der Waals surface area contributed by atoms with Crippen molar-refractivity contribution < 1.29 is 9.84 Å². The van der Waals surface area contributed by atoms with Crippen molar-refractivity contribution in [2.45, 2.75) is 47.5 Å². The molecule has 2 nitrogen and oxygen atoms in total. The fourth-order valence-electron chi connectivity index (χ4n) is 2.74. The maximum Gasteiger partial charge on any atom is 0.119 e. The zero-order chi connectivity index (χ0) is 17.7. The highest BCUT2D eigenvalue weighted by atomic mass is 31.1. The molecule has 0 radical (unpaired) electrons. The molecule has 0 bridgehead atoms. The zero-order valence-electron chi connectivity index (χ0n) is 15.3. The van der Waals surface area contributed by atoms with Gasteiger partial charge in [-0.05, 0) is 86.2 Å². The standard InChI is InChI=1S/C21H27O2P/c1-6-7-12-23-18-8-10-19(11-9-18)24-21(22)20-15(3)13-14(2)16(4)17(20)5/h8-11,13,22H,6-7,12H2,1-5H3/p-1. The summed E-state index contributed by atoms with van der Waals surface area (Å²) in [5, 5.41) is 13.8. The Balaban J connectivity index is 2.24. The molecule has 0 aliphatic carbocycles. The molecule has 0 aliphatic rings. The van der Waals surface area contributed by atoms with E-state index in [1.807, 2.05) is 38.1 Å². The van der Waals surface area contributed by atoms with E-state index < -0.39 is 0 Å². The average molecular weight is 341 g/mol. The van der Waals surface area contributed by atoms with Crippen LogP contribution in [-0.4, -0.2) is 12.1 Å². The average Bonchev–Trinajstić information content (AvgIpc) is 2.54. The summed E-state index contributed by atoms with van der Waals surface area (Å²) in [6.07, 6.45) is 2.18. The predicted molar refractivity (Wildman–Crippen MR) is 103 cm³/mol. The number of ether oxygens (including phenoxy) is 1. The van der Waals surface area contributed by atoms with Crippen LogP contribution in [0.15, 0.2) is 30.3 Å². The third kappa shape index (κ3) is 4.47. The minimum atomic E-state index is 0.160. The first-order valence-electron chi connectivity index (χ1n) is 8.50. The largest absolute Gasteiger partial charge is 0.823 e. The van der Waals surface area contributed by atoms with Crippen LogP contribution in [0.25, 0.3) is 0 Å². The summed E-state index contributed by atoms with van der Waals surface area (Å²) < 4.78 is 5.67. The van der Waals surface area contributed by atoms with E-state index in [0.717, 1.165) is 47.2 Å². The molecule has 0 aromatic heterocycles. The molecule has 128 valence electrons. The quantitative estimate of drug-likeness (QED) is 0.582. The van der Waals surface area contributed by atoms with Gasteiger partial charge in [-0.25, -0.2) is 0 Å². The molecule has 0 fully saturated rings. The van der Waals surface area contributed by atoms with E-state index in [4.69, 9.17) is 4.74 Å². The van der Waals surface area contributed by atoms with E-state index in [1.54, 1.807) is 0 Å². The van der Waals surface area contributed by atoms with Crippen molar-refractivity contribution in [3.8, 4) is 5.75 Å². The first kappa shape index (κ1) is 18.7. The summed E-state index contributed by atoms with van der Waals surface area (Å²) >= 11 is 0. The highest BCUT2D eigenvalue weighted by molar-refractivity contribution is 7.49. The number of benzene rings is 2. The Kier molecular flexibility index (Phi) is 6.60. The van der Waals surface area contributed by atoms with E-state index in [-0.39, 0.29) is 5.48 Å². The second-order valence-corrected chi connectivity index (χ2v) is 7.39. The molecule has 24 heavy (non-hydrogen) atoms. The van der Waals surface area contributed by atoms with Crippen molar-refractivity contribution in [1.82, 2.24) is 0 Å². The lowest BCUT2D eigenvalue weighted by Crippen LogP contribution is -2.21. The van der Waals surface area contributed by atoms with E-state index in [9.17, 15) is 5.11 Å². The third-order valence-corrected chi connectivity index (χ3v) is 5.39. The summed E-state index contributed by atoms with van der Waals surface area (Å²) in [6.45, 7) is 11.1. The van der Waals surface area contributed by atoms with E-state index in [1.165, 1.54) is 11.1 Å². The highest BCUT2D eigenvalue weighted by Gasteiger charge is 2.07. The minimum Gasteiger partial charge on any atom is -0.823 e. The van der Waals surface area contributed by atoms with Crippen LogP contribution >= 0.6 is 8.20 Å². The molecule has 0 heterocycles. The maximum absolute atomic E-state index is 12.8. The number of aryl methyl sites for hydroxylation is 2. The number of hydrogen-bond acceptors (Lipinski definition) is 2. The monoisotopic (exact) mass is 341 g/mol. The highest BCUT2D eigenvalue weighted by Crippen LogP contribution is 2.23. The molecule has 0 amide bonds. The molecule has 2 rings (SSSR count). The van der Waals surface area contributed by atoms with Gasteiger partial charge in [0.1, 0.15) is 5.75 Å². The summed E-state index contributed by atoms with van der Waals surface area (Å²) in [6, 6.07) is 9.96. The van der Waals surface area contributed by atoms with Crippen LogP contribution in [0.5, 0.6) is 5.75 Å². The predicted octanol–water partition coefficient (Wildman–Crippen LogP) is 4.21. The third-order valence-electron chi connectivity index (χ3n) is 4.40. The molecule has 2 aromatic carbocycles. The molecule has 0 N–H and O–H groups in total. The molecule has 0 saturated carbocycles. The molecular weight excluding hydrogens is 315 g/mol. The molecule has 0 atom stereocenters.